The van der Waals surface area contributed by atoms with E-state index in [1.807, 2.05) is 7.05 Å². The molecule has 0 aliphatic rings. The van der Waals surface area contributed by atoms with Crippen LogP contribution in [0.15, 0.2) is 35.7 Å². The van der Waals surface area contributed by atoms with Crippen LogP contribution in [0.4, 0.5) is 0 Å². The van der Waals surface area contributed by atoms with Gasteiger partial charge in [-0.25, -0.2) is 4.68 Å². The van der Waals surface area contributed by atoms with Crippen molar-refractivity contribution in [2.24, 2.45) is 12.5 Å². The van der Waals surface area contributed by atoms with Gasteiger partial charge in [-0.05, 0) is 70.5 Å². The summed E-state index contributed by atoms with van der Waals surface area (Å²) < 4.78 is 2.96. The third-order valence-electron chi connectivity index (χ3n) is 5.33. The van der Waals surface area contributed by atoms with Gasteiger partial charge in [-0.2, -0.15) is 0 Å². The highest BCUT2D eigenvalue weighted by atomic mass is 32.1. The molecular formula is C22H24N3OS. The number of nitrogens with zero attached hydrogens (tertiary/aromatic N) is 3. The van der Waals surface area contributed by atoms with Gasteiger partial charge in [0, 0.05) is 17.7 Å². The molecule has 4 nitrogen and oxygen atoms in total. The van der Waals surface area contributed by atoms with Gasteiger partial charge < -0.3 is 5.11 Å². The molecule has 2 aromatic carbocycles. The lowest BCUT2D eigenvalue weighted by molar-refractivity contribution is 0.283. The standard InChI is InChI=1S/C22H24N3OS/c1-13-17(6-7-18-20(13)23-24-25(18)5)19(22(2,3)4)15-10-14-8-9-27-21(14)16(11-15)12-26/h6-11,19,26H,2,12H2,1,3-5H3/t19-/m1/s1. The number of hydrogen-bond acceptors (Lipinski definition) is 4. The average molecular weight is 379 g/mol. The van der Waals surface area contributed by atoms with Crippen LogP contribution in [-0.2, 0) is 13.7 Å². The summed E-state index contributed by atoms with van der Waals surface area (Å²) in [5.41, 5.74) is 6.22. The van der Waals surface area contributed by atoms with Crippen molar-refractivity contribution in [2.45, 2.75) is 33.3 Å². The molecule has 1 atom stereocenters. The van der Waals surface area contributed by atoms with E-state index in [2.05, 4.69) is 73.7 Å². The van der Waals surface area contributed by atoms with Crippen LogP contribution in [0.5, 0.6) is 0 Å². The lowest BCUT2D eigenvalue weighted by Crippen LogP contribution is -2.21. The fraction of sp³-hybridized carbons (Fsp3) is 0.318. The zero-order valence-electron chi connectivity index (χ0n) is 16.2. The highest BCUT2D eigenvalue weighted by Gasteiger charge is 2.31. The lowest BCUT2D eigenvalue weighted by Gasteiger charge is -2.33. The molecule has 5 heteroatoms. The number of aryl methyl sites for hydroxylation is 2. The number of thiophene rings is 1. The van der Waals surface area contributed by atoms with Crippen LogP contribution >= 0.6 is 11.3 Å². The Morgan fingerprint density at radius 2 is 2.04 bits per heavy atom. The monoisotopic (exact) mass is 378 g/mol. The molecule has 0 aliphatic carbocycles. The summed E-state index contributed by atoms with van der Waals surface area (Å²) in [5, 5.41) is 21.7. The molecule has 27 heavy (non-hydrogen) atoms. The first-order valence-electron chi connectivity index (χ1n) is 9.06. The quantitative estimate of drug-likeness (QED) is 0.545. The van der Waals surface area contributed by atoms with Crippen LogP contribution in [0.2, 0.25) is 0 Å². The van der Waals surface area contributed by atoms with Crippen molar-refractivity contribution in [3.63, 3.8) is 0 Å². The van der Waals surface area contributed by atoms with Crippen molar-refractivity contribution >= 4 is 32.5 Å². The third kappa shape index (κ3) is 2.95. The number of rotatable bonds is 4. The second-order valence-corrected chi connectivity index (χ2v) is 8.88. The van der Waals surface area contributed by atoms with Gasteiger partial charge in [0.25, 0.3) is 0 Å². The van der Waals surface area contributed by atoms with Crippen LogP contribution in [0.3, 0.4) is 0 Å². The maximum atomic E-state index is 9.90. The molecule has 0 bridgehead atoms. The summed E-state index contributed by atoms with van der Waals surface area (Å²) in [6, 6.07) is 10.8. The minimum atomic E-state index is -0.239. The van der Waals surface area contributed by atoms with Crippen LogP contribution in [0, 0.1) is 19.3 Å². The van der Waals surface area contributed by atoms with Crippen LogP contribution in [-0.4, -0.2) is 20.1 Å². The Labute approximate surface area is 163 Å². The Hall–Kier alpha value is -2.24. The van der Waals surface area contributed by atoms with Crippen molar-refractivity contribution in [3.05, 3.63) is 64.9 Å². The highest BCUT2D eigenvalue weighted by Crippen LogP contribution is 2.44. The number of hydrogen-bond donors (Lipinski definition) is 1. The van der Waals surface area contributed by atoms with E-state index in [-0.39, 0.29) is 17.9 Å². The summed E-state index contributed by atoms with van der Waals surface area (Å²) in [4.78, 5) is 0. The third-order valence-corrected chi connectivity index (χ3v) is 6.33. The summed E-state index contributed by atoms with van der Waals surface area (Å²) in [7, 11) is 1.91. The first-order valence-corrected chi connectivity index (χ1v) is 9.94. The predicted molar refractivity (Wildman–Crippen MR) is 112 cm³/mol. The van der Waals surface area contributed by atoms with Gasteiger partial charge in [0.05, 0.1) is 12.1 Å². The van der Waals surface area contributed by atoms with E-state index in [0.717, 1.165) is 26.9 Å². The van der Waals surface area contributed by atoms with Crippen molar-refractivity contribution in [1.82, 2.24) is 15.0 Å². The van der Waals surface area contributed by atoms with Crippen LogP contribution < -0.4 is 0 Å². The van der Waals surface area contributed by atoms with E-state index in [0.29, 0.717) is 0 Å². The number of fused-ring (bicyclic) bond motifs is 2. The molecule has 4 aromatic rings. The lowest BCUT2D eigenvalue weighted by atomic mass is 9.71. The fourth-order valence-corrected chi connectivity index (χ4v) is 4.97. The maximum absolute atomic E-state index is 9.90. The molecule has 0 saturated carbocycles. The summed E-state index contributed by atoms with van der Waals surface area (Å²) >= 11 is 1.67. The normalized spacial score (nSPS) is 13.6. The minimum Gasteiger partial charge on any atom is -0.392 e. The molecule has 0 fully saturated rings. The van der Waals surface area contributed by atoms with Gasteiger partial charge in [0.2, 0.25) is 0 Å². The average Bonchev–Trinajstić information content (AvgIpc) is 3.22. The molecule has 139 valence electrons. The van der Waals surface area contributed by atoms with Crippen LogP contribution in [0.25, 0.3) is 21.1 Å². The minimum absolute atomic E-state index is 0.0390. The zero-order valence-corrected chi connectivity index (χ0v) is 17.0. The molecule has 2 heterocycles. The van der Waals surface area contributed by atoms with E-state index in [4.69, 9.17) is 0 Å². The molecule has 1 N–H and O–H groups in total. The van der Waals surface area contributed by atoms with E-state index in [9.17, 15) is 5.11 Å². The second kappa shape index (κ2) is 6.43. The molecule has 0 aliphatic heterocycles. The van der Waals surface area contributed by atoms with Crippen LogP contribution in [0.1, 0.15) is 42.0 Å². The Balaban J connectivity index is 1.97. The van der Waals surface area contributed by atoms with Gasteiger partial charge in [-0.3, -0.25) is 0 Å². The number of aliphatic hydroxyl groups is 1. The van der Waals surface area contributed by atoms with Crippen molar-refractivity contribution < 1.29 is 5.11 Å². The molecule has 4 rings (SSSR count). The molecule has 2 aromatic heterocycles. The first kappa shape index (κ1) is 18.1. The summed E-state index contributed by atoms with van der Waals surface area (Å²) in [6.45, 7) is 10.9. The Bertz CT molecular complexity index is 1130. The zero-order chi connectivity index (χ0) is 19.3. The van der Waals surface area contributed by atoms with Gasteiger partial charge in [-0.1, -0.05) is 31.2 Å². The SMILES string of the molecule is [CH2]C(C)(C)[C@H](c1cc(CO)c2sccc2c1)c1ccc2c(nnn2C)c1C. The molecule has 0 unspecified atom stereocenters. The van der Waals surface area contributed by atoms with E-state index < -0.39 is 0 Å². The molecule has 0 spiro atoms. The molecule has 0 amide bonds. The summed E-state index contributed by atoms with van der Waals surface area (Å²) in [5.74, 6) is 0.0820. The molecular weight excluding hydrogens is 354 g/mol. The van der Waals surface area contributed by atoms with Crippen molar-refractivity contribution in [2.75, 3.05) is 0 Å². The van der Waals surface area contributed by atoms with Gasteiger partial charge >= 0.3 is 0 Å². The van der Waals surface area contributed by atoms with Crippen molar-refractivity contribution in [3.8, 4) is 0 Å². The second-order valence-electron chi connectivity index (χ2n) is 7.96. The maximum Gasteiger partial charge on any atom is 0.116 e. The Kier molecular flexibility index (Phi) is 4.32. The van der Waals surface area contributed by atoms with Gasteiger partial charge in [0.1, 0.15) is 5.52 Å². The smallest absolute Gasteiger partial charge is 0.116 e. The summed E-state index contributed by atoms with van der Waals surface area (Å²) in [6.07, 6.45) is 0. The number of aromatic nitrogens is 3. The predicted octanol–water partition coefficient (Wildman–Crippen LogP) is 4.98. The Morgan fingerprint density at radius 3 is 2.74 bits per heavy atom. The van der Waals surface area contributed by atoms with Gasteiger partial charge in [-0.15, -0.1) is 16.4 Å². The Morgan fingerprint density at radius 1 is 1.26 bits per heavy atom. The fourth-order valence-electron chi connectivity index (χ4n) is 4.08. The largest absolute Gasteiger partial charge is 0.392 e. The first-order chi connectivity index (χ1) is 12.8. The highest BCUT2D eigenvalue weighted by molar-refractivity contribution is 7.17. The van der Waals surface area contributed by atoms with Crippen molar-refractivity contribution in [1.29, 1.82) is 0 Å². The van der Waals surface area contributed by atoms with E-state index in [1.165, 1.54) is 16.5 Å². The number of aliphatic hydroxyl groups excluding tert-OH is 1. The number of benzene rings is 2. The molecule has 0 saturated heterocycles. The van der Waals surface area contributed by atoms with Gasteiger partial charge in [0.15, 0.2) is 0 Å². The topological polar surface area (TPSA) is 50.9 Å². The van der Waals surface area contributed by atoms with E-state index >= 15 is 0 Å². The molecule has 1 radical (unpaired) electrons. The van der Waals surface area contributed by atoms with E-state index in [1.54, 1.807) is 16.0 Å².